The number of nitrogens with one attached hydrogen (secondary N) is 1. The van der Waals surface area contributed by atoms with Crippen molar-refractivity contribution in [3.8, 4) is 0 Å². The highest BCUT2D eigenvalue weighted by Crippen LogP contribution is 2.33. The summed E-state index contributed by atoms with van der Waals surface area (Å²) in [6, 6.07) is 0. The molecule has 0 atom stereocenters. The number of ether oxygens (including phenoxy) is 1. The molecule has 1 saturated heterocycles. The Morgan fingerprint density at radius 3 is 2.50 bits per heavy atom. The van der Waals surface area contributed by atoms with Gasteiger partial charge in [-0.1, -0.05) is 13.8 Å². The Morgan fingerprint density at radius 2 is 2.00 bits per heavy atom. The van der Waals surface area contributed by atoms with E-state index in [2.05, 4.69) is 12.2 Å². The average molecular weight is 199 g/mol. The molecule has 1 fully saturated rings. The van der Waals surface area contributed by atoms with Crippen LogP contribution in [0.1, 0.15) is 39.5 Å². The third-order valence-corrected chi connectivity index (χ3v) is 3.11. The lowest BCUT2D eigenvalue weighted by Crippen LogP contribution is -2.42. The van der Waals surface area contributed by atoms with Crippen molar-refractivity contribution in [2.75, 3.05) is 19.7 Å². The summed E-state index contributed by atoms with van der Waals surface area (Å²) in [6.45, 7) is 6.55. The van der Waals surface area contributed by atoms with Crippen LogP contribution in [-0.2, 0) is 9.53 Å². The van der Waals surface area contributed by atoms with Crippen molar-refractivity contribution in [3.63, 3.8) is 0 Å². The van der Waals surface area contributed by atoms with Gasteiger partial charge in [-0.05, 0) is 38.8 Å². The molecule has 0 aliphatic carbocycles. The van der Waals surface area contributed by atoms with Crippen LogP contribution in [0.4, 0.5) is 0 Å². The molecule has 1 rings (SSSR count). The van der Waals surface area contributed by atoms with Gasteiger partial charge < -0.3 is 10.1 Å². The summed E-state index contributed by atoms with van der Waals surface area (Å²) < 4.78 is 5.26. The van der Waals surface area contributed by atoms with Gasteiger partial charge in [0, 0.05) is 0 Å². The third kappa shape index (κ3) is 2.47. The molecule has 0 aromatic rings. The van der Waals surface area contributed by atoms with E-state index in [1.165, 1.54) is 0 Å². The fourth-order valence-corrected chi connectivity index (χ4v) is 1.96. The minimum atomic E-state index is -0.194. The van der Waals surface area contributed by atoms with Gasteiger partial charge in [0.15, 0.2) is 0 Å². The molecule has 1 aliphatic heterocycles. The van der Waals surface area contributed by atoms with E-state index in [0.717, 1.165) is 38.8 Å². The van der Waals surface area contributed by atoms with Crippen LogP contribution in [0.3, 0.4) is 0 Å². The van der Waals surface area contributed by atoms with Crippen LogP contribution in [0.25, 0.3) is 0 Å². The van der Waals surface area contributed by atoms with Gasteiger partial charge in [-0.2, -0.15) is 0 Å². The smallest absolute Gasteiger partial charge is 0.312 e. The van der Waals surface area contributed by atoms with Gasteiger partial charge in [-0.3, -0.25) is 4.79 Å². The highest BCUT2D eigenvalue weighted by molar-refractivity contribution is 5.77. The van der Waals surface area contributed by atoms with Crippen molar-refractivity contribution in [2.24, 2.45) is 5.41 Å². The quantitative estimate of drug-likeness (QED) is 0.701. The number of esters is 1. The standard InChI is InChI=1S/C11H21NO2/c1-3-9-14-10(13)11(4-2)5-7-12-8-6-11/h12H,3-9H2,1-2H3. The molecular weight excluding hydrogens is 178 g/mol. The summed E-state index contributed by atoms with van der Waals surface area (Å²) in [5.41, 5.74) is -0.194. The molecule has 0 aromatic carbocycles. The molecule has 1 aliphatic rings. The highest BCUT2D eigenvalue weighted by Gasteiger charge is 2.38. The van der Waals surface area contributed by atoms with Crippen molar-refractivity contribution >= 4 is 5.97 Å². The number of carbonyl (C=O) groups is 1. The molecule has 14 heavy (non-hydrogen) atoms. The monoisotopic (exact) mass is 199 g/mol. The van der Waals surface area contributed by atoms with Gasteiger partial charge in [0.05, 0.1) is 12.0 Å². The summed E-state index contributed by atoms with van der Waals surface area (Å²) >= 11 is 0. The van der Waals surface area contributed by atoms with E-state index in [1.807, 2.05) is 6.92 Å². The second-order valence-corrected chi connectivity index (χ2v) is 4.02. The Kier molecular flexibility index (Phi) is 4.39. The SMILES string of the molecule is CCCOC(=O)C1(CC)CCNCC1. The Balaban J connectivity index is 2.53. The first-order valence-electron chi connectivity index (χ1n) is 5.63. The number of piperidine rings is 1. The van der Waals surface area contributed by atoms with Crippen molar-refractivity contribution < 1.29 is 9.53 Å². The van der Waals surface area contributed by atoms with E-state index >= 15 is 0 Å². The topological polar surface area (TPSA) is 38.3 Å². The first-order valence-corrected chi connectivity index (χ1v) is 5.63. The molecule has 0 unspecified atom stereocenters. The third-order valence-electron chi connectivity index (χ3n) is 3.11. The van der Waals surface area contributed by atoms with Crippen LogP contribution in [0, 0.1) is 5.41 Å². The number of rotatable bonds is 4. The van der Waals surface area contributed by atoms with Gasteiger partial charge in [-0.25, -0.2) is 0 Å². The van der Waals surface area contributed by atoms with Gasteiger partial charge in [0.2, 0.25) is 0 Å². The van der Waals surface area contributed by atoms with Crippen molar-refractivity contribution in [3.05, 3.63) is 0 Å². The maximum atomic E-state index is 11.9. The van der Waals surface area contributed by atoms with Gasteiger partial charge in [0.1, 0.15) is 0 Å². The van der Waals surface area contributed by atoms with E-state index in [4.69, 9.17) is 4.74 Å². The zero-order chi connectivity index (χ0) is 10.4. The number of hydrogen-bond acceptors (Lipinski definition) is 3. The zero-order valence-corrected chi connectivity index (χ0v) is 9.27. The van der Waals surface area contributed by atoms with E-state index < -0.39 is 0 Å². The van der Waals surface area contributed by atoms with Crippen LogP contribution in [-0.4, -0.2) is 25.7 Å². The summed E-state index contributed by atoms with van der Waals surface area (Å²) in [4.78, 5) is 11.9. The molecule has 0 saturated carbocycles. The first-order chi connectivity index (χ1) is 6.75. The second-order valence-electron chi connectivity index (χ2n) is 4.02. The van der Waals surface area contributed by atoms with Gasteiger partial charge >= 0.3 is 5.97 Å². The summed E-state index contributed by atoms with van der Waals surface area (Å²) in [7, 11) is 0. The predicted octanol–water partition coefficient (Wildman–Crippen LogP) is 1.72. The minimum Gasteiger partial charge on any atom is -0.465 e. The Morgan fingerprint density at radius 1 is 1.36 bits per heavy atom. The maximum Gasteiger partial charge on any atom is 0.312 e. The lowest BCUT2D eigenvalue weighted by molar-refractivity contribution is -0.158. The molecule has 0 radical (unpaired) electrons. The average Bonchev–Trinajstić information content (AvgIpc) is 2.26. The van der Waals surface area contributed by atoms with E-state index in [9.17, 15) is 4.79 Å². The predicted molar refractivity (Wildman–Crippen MR) is 56.1 cm³/mol. The molecule has 0 amide bonds. The van der Waals surface area contributed by atoms with E-state index in [-0.39, 0.29) is 11.4 Å². The molecule has 1 heterocycles. The summed E-state index contributed by atoms with van der Waals surface area (Å²) in [5, 5.41) is 3.28. The van der Waals surface area contributed by atoms with E-state index in [1.54, 1.807) is 0 Å². The first kappa shape index (κ1) is 11.5. The largest absolute Gasteiger partial charge is 0.465 e. The second kappa shape index (κ2) is 5.35. The Hall–Kier alpha value is -0.570. The fourth-order valence-electron chi connectivity index (χ4n) is 1.96. The molecule has 0 spiro atoms. The zero-order valence-electron chi connectivity index (χ0n) is 9.27. The lowest BCUT2D eigenvalue weighted by atomic mass is 9.77. The van der Waals surface area contributed by atoms with E-state index in [0.29, 0.717) is 6.61 Å². The van der Waals surface area contributed by atoms with Crippen molar-refractivity contribution in [1.82, 2.24) is 5.32 Å². The minimum absolute atomic E-state index is 0.0170. The van der Waals surface area contributed by atoms with Gasteiger partial charge in [0.25, 0.3) is 0 Å². The fraction of sp³-hybridized carbons (Fsp3) is 0.909. The molecule has 82 valence electrons. The Labute approximate surface area is 86.2 Å². The summed E-state index contributed by atoms with van der Waals surface area (Å²) in [5.74, 6) is 0.0170. The van der Waals surface area contributed by atoms with Crippen molar-refractivity contribution in [1.29, 1.82) is 0 Å². The van der Waals surface area contributed by atoms with Crippen LogP contribution < -0.4 is 5.32 Å². The van der Waals surface area contributed by atoms with Crippen LogP contribution in [0.15, 0.2) is 0 Å². The van der Waals surface area contributed by atoms with Crippen molar-refractivity contribution in [2.45, 2.75) is 39.5 Å². The molecule has 3 nitrogen and oxygen atoms in total. The molecule has 0 bridgehead atoms. The normalized spacial score (nSPS) is 20.4. The summed E-state index contributed by atoms with van der Waals surface area (Å²) in [6.07, 6.45) is 3.65. The Bertz CT molecular complexity index is 186. The molecule has 0 aromatic heterocycles. The van der Waals surface area contributed by atoms with Crippen LogP contribution in [0.5, 0.6) is 0 Å². The highest BCUT2D eigenvalue weighted by atomic mass is 16.5. The number of hydrogen-bond donors (Lipinski definition) is 1. The molecular formula is C11H21NO2. The maximum absolute atomic E-state index is 11.9. The van der Waals surface area contributed by atoms with Gasteiger partial charge in [-0.15, -0.1) is 0 Å². The van der Waals surface area contributed by atoms with Crippen LogP contribution >= 0.6 is 0 Å². The number of carbonyl (C=O) groups excluding carboxylic acids is 1. The molecule has 1 N–H and O–H groups in total. The molecule has 3 heteroatoms. The van der Waals surface area contributed by atoms with Crippen LogP contribution in [0.2, 0.25) is 0 Å². The lowest BCUT2D eigenvalue weighted by Gasteiger charge is -2.34.